The van der Waals surface area contributed by atoms with Gasteiger partial charge in [0.05, 0.1) is 18.1 Å². The molecule has 0 atom stereocenters. The number of aliphatic carboxylic acids is 2. The molecular weight excluding hydrogens is 441 g/mol. The average Bonchev–Trinajstić information content (AvgIpc) is 2.63. The highest BCUT2D eigenvalue weighted by atomic mass is 35.5. The molecule has 0 radical (unpaired) electrons. The summed E-state index contributed by atoms with van der Waals surface area (Å²) >= 11 is 5.83. The SMILES string of the molecule is COc1cc(CNCC2(F)CCC(C(=O)O)CC2)c(F)cc1Cl.O=C(O)C(F)(F)F. The first-order valence-corrected chi connectivity index (χ1v) is 9.11. The Labute approximate surface area is 174 Å². The number of halogens is 6. The van der Waals surface area contributed by atoms with E-state index in [0.29, 0.717) is 24.2 Å². The van der Waals surface area contributed by atoms with Crippen LogP contribution in [0.4, 0.5) is 22.0 Å². The molecule has 0 amide bonds. The minimum absolute atomic E-state index is 0.0592. The van der Waals surface area contributed by atoms with Crippen molar-refractivity contribution in [2.24, 2.45) is 5.92 Å². The Hall–Kier alpha value is -2.14. The maximum absolute atomic E-state index is 14.6. The molecule has 1 aliphatic carbocycles. The van der Waals surface area contributed by atoms with E-state index in [1.165, 1.54) is 19.2 Å². The molecule has 0 bridgehead atoms. The number of benzene rings is 1. The number of nitrogens with one attached hydrogen (secondary N) is 1. The molecule has 1 aromatic carbocycles. The van der Waals surface area contributed by atoms with Crippen molar-refractivity contribution in [2.75, 3.05) is 13.7 Å². The molecule has 30 heavy (non-hydrogen) atoms. The van der Waals surface area contributed by atoms with E-state index in [9.17, 15) is 26.7 Å². The van der Waals surface area contributed by atoms with Gasteiger partial charge in [0.2, 0.25) is 0 Å². The Balaban J connectivity index is 0.000000553. The number of carboxylic acid groups (broad SMARTS) is 2. The van der Waals surface area contributed by atoms with Crippen molar-refractivity contribution in [3.8, 4) is 5.75 Å². The first-order chi connectivity index (χ1) is 13.8. The third kappa shape index (κ3) is 7.94. The second-order valence-corrected chi connectivity index (χ2v) is 7.16. The molecular formula is C18H21ClF5NO5. The number of carbonyl (C=O) groups is 2. The summed E-state index contributed by atoms with van der Waals surface area (Å²) < 4.78 is 65.2. The Morgan fingerprint density at radius 3 is 2.23 bits per heavy atom. The predicted octanol–water partition coefficient (Wildman–Crippen LogP) is 4.19. The Morgan fingerprint density at radius 2 is 1.80 bits per heavy atom. The lowest BCUT2D eigenvalue weighted by atomic mass is 9.80. The van der Waals surface area contributed by atoms with E-state index in [0.717, 1.165) is 0 Å². The number of methoxy groups -OCH3 is 1. The van der Waals surface area contributed by atoms with Gasteiger partial charge in [0.1, 0.15) is 17.2 Å². The van der Waals surface area contributed by atoms with Crippen LogP contribution in [-0.2, 0) is 16.1 Å². The number of rotatable bonds is 6. The first kappa shape index (κ1) is 25.9. The van der Waals surface area contributed by atoms with E-state index in [1.54, 1.807) is 0 Å². The van der Waals surface area contributed by atoms with Crippen molar-refractivity contribution in [3.05, 3.63) is 28.5 Å². The molecule has 2 rings (SSSR count). The molecule has 12 heteroatoms. The summed E-state index contributed by atoms with van der Waals surface area (Å²) in [5.41, 5.74) is -1.10. The van der Waals surface area contributed by atoms with Crippen LogP contribution in [0.1, 0.15) is 31.2 Å². The van der Waals surface area contributed by atoms with Gasteiger partial charge < -0.3 is 20.3 Å². The lowest BCUT2D eigenvalue weighted by Crippen LogP contribution is -2.40. The van der Waals surface area contributed by atoms with Gasteiger partial charge in [0.25, 0.3) is 0 Å². The van der Waals surface area contributed by atoms with Gasteiger partial charge in [-0.05, 0) is 37.8 Å². The van der Waals surface area contributed by atoms with Crippen molar-refractivity contribution in [3.63, 3.8) is 0 Å². The Morgan fingerprint density at radius 1 is 1.27 bits per heavy atom. The molecule has 0 unspecified atom stereocenters. The maximum atomic E-state index is 14.6. The number of ether oxygens (including phenoxy) is 1. The number of hydrogen-bond donors (Lipinski definition) is 3. The average molecular weight is 462 g/mol. The number of alkyl halides is 4. The molecule has 1 aliphatic rings. The van der Waals surface area contributed by atoms with E-state index in [2.05, 4.69) is 5.32 Å². The molecule has 0 saturated heterocycles. The zero-order valence-electron chi connectivity index (χ0n) is 15.9. The molecule has 170 valence electrons. The van der Waals surface area contributed by atoms with Crippen LogP contribution in [0.3, 0.4) is 0 Å². The minimum atomic E-state index is -5.08. The fraction of sp³-hybridized carbons (Fsp3) is 0.556. The fourth-order valence-electron chi connectivity index (χ4n) is 2.84. The molecule has 6 nitrogen and oxygen atoms in total. The molecule has 0 aliphatic heterocycles. The maximum Gasteiger partial charge on any atom is 0.490 e. The monoisotopic (exact) mass is 461 g/mol. The van der Waals surface area contributed by atoms with Crippen molar-refractivity contribution >= 4 is 23.5 Å². The van der Waals surface area contributed by atoms with Crippen molar-refractivity contribution in [1.29, 1.82) is 0 Å². The van der Waals surface area contributed by atoms with Crippen LogP contribution >= 0.6 is 11.6 Å². The van der Waals surface area contributed by atoms with Crippen molar-refractivity contribution in [1.82, 2.24) is 5.32 Å². The van der Waals surface area contributed by atoms with Crippen LogP contribution in [0, 0.1) is 11.7 Å². The molecule has 1 saturated carbocycles. The van der Waals surface area contributed by atoms with Crippen molar-refractivity contribution < 1.29 is 46.5 Å². The minimum Gasteiger partial charge on any atom is -0.495 e. The summed E-state index contributed by atoms with van der Waals surface area (Å²) in [7, 11) is 1.44. The summed E-state index contributed by atoms with van der Waals surface area (Å²) in [4.78, 5) is 19.8. The molecule has 0 aromatic heterocycles. The second kappa shape index (κ2) is 10.8. The molecule has 3 N–H and O–H groups in total. The third-order valence-corrected chi connectivity index (χ3v) is 4.85. The predicted molar refractivity (Wildman–Crippen MR) is 96.8 cm³/mol. The van der Waals surface area contributed by atoms with E-state index in [1.807, 2.05) is 0 Å². The Kier molecular flexibility index (Phi) is 9.29. The number of carboxylic acids is 2. The van der Waals surface area contributed by atoms with Gasteiger partial charge in [-0.3, -0.25) is 4.79 Å². The van der Waals surface area contributed by atoms with Gasteiger partial charge in [-0.15, -0.1) is 0 Å². The van der Waals surface area contributed by atoms with E-state index in [-0.39, 0.29) is 31.0 Å². The largest absolute Gasteiger partial charge is 0.495 e. The molecule has 0 spiro atoms. The van der Waals surface area contributed by atoms with Gasteiger partial charge in [-0.2, -0.15) is 13.2 Å². The Bertz CT molecular complexity index is 751. The van der Waals surface area contributed by atoms with Crippen molar-refractivity contribution in [2.45, 2.75) is 44.1 Å². The van der Waals surface area contributed by atoms with Gasteiger partial charge in [0.15, 0.2) is 0 Å². The van der Waals surface area contributed by atoms with Crippen LogP contribution in [-0.4, -0.2) is 47.7 Å². The lowest BCUT2D eigenvalue weighted by molar-refractivity contribution is -0.192. The van der Waals surface area contributed by atoms with Crippen LogP contribution in [0.2, 0.25) is 5.02 Å². The highest BCUT2D eigenvalue weighted by Crippen LogP contribution is 2.35. The summed E-state index contributed by atoms with van der Waals surface area (Å²) in [5, 5.41) is 19.1. The van der Waals surface area contributed by atoms with Gasteiger partial charge >= 0.3 is 18.1 Å². The topological polar surface area (TPSA) is 95.9 Å². The summed E-state index contributed by atoms with van der Waals surface area (Å²) in [6.45, 7) is 0.205. The summed E-state index contributed by atoms with van der Waals surface area (Å²) in [6.07, 6.45) is -4.03. The fourth-order valence-corrected chi connectivity index (χ4v) is 3.07. The van der Waals surface area contributed by atoms with Crippen LogP contribution in [0.25, 0.3) is 0 Å². The van der Waals surface area contributed by atoms with Gasteiger partial charge in [-0.1, -0.05) is 11.6 Å². The summed E-state index contributed by atoms with van der Waals surface area (Å²) in [5.74, 6) is -4.20. The van der Waals surface area contributed by atoms with Crippen LogP contribution < -0.4 is 10.1 Å². The smallest absolute Gasteiger partial charge is 0.490 e. The zero-order valence-corrected chi connectivity index (χ0v) is 16.6. The number of hydrogen-bond acceptors (Lipinski definition) is 4. The highest BCUT2D eigenvalue weighted by Gasteiger charge is 2.38. The molecule has 1 aromatic rings. The van der Waals surface area contributed by atoms with Crippen LogP contribution in [0.15, 0.2) is 12.1 Å². The molecule has 0 heterocycles. The highest BCUT2D eigenvalue weighted by molar-refractivity contribution is 6.32. The second-order valence-electron chi connectivity index (χ2n) is 6.75. The normalized spacial score (nSPS) is 21.4. The van der Waals surface area contributed by atoms with Gasteiger partial charge in [0, 0.05) is 18.7 Å². The standard InChI is InChI=1S/C16H20ClF2NO3.C2HF3O2/c1-23-14-6-11(13(18)7-12(14)17)8-20-9-16(19)4-2-10(3-5-16)15(21)22;3-2(4,5)1(6)7/h6-7,10,20H,2-5,8-9H2,1H3,(H,21,22);(H,6,7). The van der Waals surface area contributed by atoms with Gasteiger partial charge in [-0.25, -0.2) is 13.6 Å². The zero-order chi connectivity index (χ0) is 23.1. The molecule has 1 fully saturated rings. The summed E-state index contributed by atoms with van der Waals surface area (Å²) in [6, 6.07) is 2.65. The van der Waals surface area contributed by atoms with E-state index in [4.69, 9.17) is 31.3 Å². The quantitative estimate of drug-likeness (QED) is 0.550. The van der Waals surface area contributed by atoms with Crippen LogP contribution in [0.5, 0.6) is 5.75 Å². The third-order valence-electron chi connectivity index (χ3n) is 4.55. The first-order valence-electron chi connectivity index (χ1n) is 8.73. The lowest BCUT2D eigenvalue weighted by Gasteiger charge is -2.32. The van der Waals surface area contributed by atoms with E-state index < -0.39 is 35.5 Å². The van der Waals surface area contributed by atoms with E-state index >= 15 is 0 Å².